The first-order valence-corrected chi connectivity index (χ1v) is 6.34. The second kappa shape index (κ2) is 6.61. The molecule has 1 amide bonds. The summed E-state index contributed by atoms with van der Waals surface area (Å²) in [6.07, 6.45) is 0. The molecule has 0 atom stereocenters. The number of nitrogens with two attached hydrogens (primary N) is 1. The summed E-state index contributed by atoms with van der Waals surface area (Å²) in [6.45, 7) is 3.80. The van der Waals surface area contributed by atoms with E-state index in [9.17, 15) is 4.79 Å². The number of likely N-dealkylation sites (N-methyl/N-ethyl adjacent to an activating group) is 1. The van der Waals surface area contributed by atoms with Crippen molar-refractivity contribution in [1.29, 1.82) is 0 Å². The molecule has 0 unspecified atom stereocenters. The summed E-state index contributed by atoms with van der Waals surface area (Å²) >= 11 is 3.53. The van der Waals surface area contributed by atoms with Crippen LogP contribution in [0.5, 0.6) is 0 Å². The highest BCUT2D eigenvalue weighted by atomic mass is 79.9. The zero-order chi connectivity index (χ0) is 12.8. The summed E-state index contributed by atoms with van der Waals surface area (Å²) in [6, 6.07) is 6.06. The van der Waals surface area contributed by atoms with E-state index in [-0.39, 0.29) is 12.5 Å². The van der Waals surface area contributed by atoms with Gasteiger partial charge in [0.25, 0.3) is 0 Å². The van der Waals surface area contributed by atoms with Gasteiger partial charge in [0.2, 0.25) is 5.91 Å². The SMILES string of the molecule is CCN(CC(N)=O)c1ccc(CNC)c(Br)c1. The molecule has 0 bridgehead atoms. The Labute approximate surface area is 110 Å². The minimum absolute atomic E-state index is 0.244. The number of halogens is 1. The van der Waals surface area contributed by atoms with Gasteiger partial charge >= 0.3 is 0 Å². The minimum atomic E-state index is -0.317. The zero-order valence-electron chi connectivity index (χ0n) is 10.2. The lowest BCUT2D eigenvalue weighted by Crippen LogP contribution is -2.33. The normalized spacial score (nSPS) is 10.3. The van der Waals surface area contributed by atoms with Gasteiger partial charge in [0.15, 0.2) is 0 Å². The Kier molecular flexibility index (Phi) is 5.44. The number of hydrogen-bond donors (Lipinski definition) is 2. The van der Waals surface area contributed by atoms with Crippen LogP contribution in [0, 0.1) is 0 Å². The molecule has 17 heavy (non-hydrogen) atoms. The molecule has 94 valence electrons. The number of hydrogen-bond acceptors (Lipinski definition) is 3. The van der Waals surface area contributed by atoms with Gasteiger partial charge in [-0.1, -0.05) is 22.0 Å². The highest BCUT2D eigenvalue weighted by Crippen LogP contribution is 2.24. The quantitative estimate of drug-likeness (QED) is 0.836. The summed E-state index contributed by atoms with van der Waals surface area (Å²) in [5, 5.41) is 3.10. The second-order valence-electron chi connectivity index (χ2n) is 3.79. The molecule has 4 nitrogen and oxygen atoms in total. The number of rotatable bonds is 6. The first kappa shape index (κ1) is 14.0. The molecule has 3 N–H and O–H groups in total. The van der Waals surface area contributed by atoms with Crippen LogP contribution < -0.4 is 16.0 Å². The van der Waals surface area contributed by atoms with E-state index in [4.69, 9.17) is 5.73 Å². The number of benzene rings is 1. The van der Waals surface area contributed by atoms with Crippen molar-refractivity contribution in [3.8, 4) is 0 Å². The van der Waals surface area contributed by atoms with Crippen LogP contribution in [0.15, 0.2) is 22.7 Å². The van der Waals surface area contributed by atoms with Gasteiger partial charge in [-0.05, 0) is 31.7 Å². The first-order valence-electron chi connectivity index (χ1n) is 5.54. The summed E-state index contributed by atoms with van der Waals surface area (Å²) in [7, 11) is 1.91. The van der Waals surface area contributed by atoms with Crippen molar-refractivity contribution in [3.05, 3.63) is 28.2 Å². The average molecular weight is 300 g/mol. The third-order valence-corrected chi connectivity index (χ3v) is 3.24. The molecule has 0 fully saturated rings. The van der Waals surface area contributed by atoms with E-state index in [1.54, 1.807) is 0 Å². The third kappa shape index (κ3) is 4.02. The van der Waals surface area contributed by atoms with Crippen molar-refractivity contribution in [2.24, 2.45) is 5.73 Å². The second-order valence-corrected chi connectivity index (χ2v) is 4.64. The van der Waals surface area contributed by atoms with Gasteiger partial charge in [-0.2, -0.15) is 0 Å². The predicted molar refractivity (Wildman–Crippen MR) is 74.0 cm³/mol. The summed E-state index contributed by atoms with van der Waals surface area (Å²) < 4.78 is 1.03. The molecule has 1 aromatic carbocycles. The summed E-state index contributed by atoms with van der Waals surface area (Å²) in [5.74, 6) is -0.317. The number of primary amides is 1. The molecule has 0 radical (unpaired) electrons. The third-order valence-electron chi connectivity index (χ3n) is 2.50. The number of nitrogens with zero attached hydrogens (tertiary/aromatic N) is 1. The number of anilines is 1. The van der Waals surface area contributed by atoms with Crippen molar-refractivity contribution in [3.63, 3.8) is 0 Å². The molecule has 0 saturated heterocycles. The highest BCUT2D eigenvalue weighted by molar-refractivity contribution is 9.10. The fourth-order valence-corrected chi connectivity index (χ4v) is 2.15. The molecule has 1 rings (SSSR count). The van der Waals surface area contributed by atoms with Gasteiger partial charge in [-0.15, -0.1) is 0 Å². The number of nitrogens with one attached hydrogen (secondary N) is 1. The van der Waals surface area contributed by atoms with Crippen molar-refractivity contribution in [2.45, 2.75) is 13.5 Å². The summed E-state index contributed by atoms with van der Waals surface area (Å²) in [5.41, 5.74) is 7.40. The Hall–Kier alpha value is -1.07. The van der Waals surface area contributed by atoms with Crippen LogP contribution in [0.4, 0.5) is 5.69 Å². The van der Waals surface area contributed by atoms with E-state index in [1.807, 2.05) is 37.1 Å². The van der Waals surface area contributed by atoms with Crippen LogP contribution in [0.25, 0.3) is 0 Å². The lowest BCUT2D eigenvalue weighted by atomic mass is 10.2. The van der Waals surface area contributed by atoms with Crippen LogP contribution in [-0.2, 0) is 11.3 Å². The maximum Gasteiger partial charge on any atom is 0.236 e. The smallest absolute Gasteiger partial charge is 0.236 e. The van der Waals surface area contributed by atoms with Crippen LogP contribution in [-0.4, -0.2) is 26.0 Å². The maximum atomic E-state index is 11.0. The van der Waals surface area contributed by atoms with Crippen LogP contribution in [0.1, 0.15) is 12.5 Å². The molecule has 0 aliphatic heterocycles. The fourth-order valence-electron chi connectivity index (χ4n) is 1.64. The van der Waals surface area contributed by atoms with E-state index < -0.39 is 0 Å². The molecular formula is C12H18BrN3O. The van der Waals surface area contributed by atoms with Gasteiger partial charge in [0.05, 0.1) is 6.54 Å². The van der Waals surface area contributed by atoms with Crippen LogP contribution in [0.2, 0.25) is 0 Å². The van der Waals surface area contributed by atoms with E-state index >= 15 is 0 Å². The monoisotopic (exact) mass is 299 g/mol. The van der Waals surface area contributed by atoms with Gasteiger partial charge in [-0.3, -0.25) is 4.79 Å². The Morgan fingerprint density at radius 1 is 1.53 bits per heavy atom. The van der Waals surface area contributed by atoms with E-state index in [0.29, 0.717) is 0 Å². The van der Waals surface area contributed by atoms with Crippen molar-refractivity contribution in [2.75, 3.05) is 25.0 Å². The lowest BCUT2D eigenvalue weighted by molar-refractivity contribution is -0.116. The summed E-state index contributed by atoms with van der Waals surface area (Å²) in [4.78, 5) is 12.9. The molecule has 0 aliphatic carbocycles. The molecule has 0 aromatic heterocycles. The van der Waals surface area contributed by atoms with E-state index in [2.05, 4.69) is 21.2 Å². The van der Waals surface area contributed by atoms with E-state index in [1.165, 1.54) is 5.56 Å². The Morgan fingerprint density at radius 2 is 2.24 bits per heavy atom. The molecule has 0 saturated carbocycles. The molecule has 0 spiro atoms. The molecule has 5 heteroatoms. The van der Waals surface area contributed by atoms with Crippen LogP contribution >= 0.6 is 15.9 Å². The molecule has 0 heterocycles. The van der Waals surface area contributed by atoms with Crippen LogP contribution in [0.3, 0.4) is 0 Å². The Balaban J connectivity index is 2.90. The lowest BCUT2D eigenvalue weighted by Gasteiger charge is -2.22. The standard InChI is InChI=1S/C12H18BrN3O/c1-3-16(8-12(14)17)10-5-4-9(7-15-2)11(13)6-10/h4-6,15H,3,7-8H2,1-2H3,(H2,14,17). The zero-order valence-corrected chi connectivity index (χ0v) is 11.8. The van der Waals surface area contributed by atoms with Crippen molar-refractivity contribution < 1.29 is 4.79 Å². The van der Waals surface area contributed by atoms with Crippen molar-refractivity contribution in [1.82, 2.24) is 5.32 Å². The fraction of sp³-hybridized carbons (Fsp3) is 0.417. The molecule has 1 aromatic rings. The highest BCUT2D eigenvalue weighted by Gasteiger charge is 2.09. The van der Waals surface area contributed by atoms with Gasteiger partial charge in [0.1, 0.15) is 0 Å². The largest absolute Gasteiger partial charge is 0.368 e. The van der Waals surface area contributed by atoms with E-state index in [0.717, 1.165) is 23.2 Å². The average Bonchev–Trinajstić information content (AvgIpc) is 2.28. The van der Waals surface area contributed by atoms with Gasteiger partial charge < -0.3 is 16.0 Å². The van der Waals surface area contributed by atoms with Gasteiger partial charge in [0, 0.05) is 23.2 Å². The number of amides is 1. The van der Waals surface area contributed by atoms with Crippen molar-refractivity contribution >= 4 is 27.5 Å². The Bertz CT molecular complexity index is 395. The predicted octanol–water partition coefficient (Wildman–Crippen LogP) is 1.48. The minimum Gasteiger partial charge on any atom is -0.368 e. The first-order chi connectivity index (χ1) is 8.08. The Morgan fingerprint density at radius 3 is 2.71 bits per heavy atom. The molecule has 0 aliphatic rings. The topological polar surface area (TPSA) is 58.4 Å². The van der Waals surface area contributed by atoms with Gasteiger partial charge in [-0.25, -0.2) is 0 Å². The molecular weight excluding hydrogens is 282 g/mol. The maximum absolute atomic E-state index is 11.0. The number of carbonyl (C=O) groups excluding carboxylic acids is 1. The number of carbonyl (C=O) groups is 1.